The Morgan fingerprint density at radius 1 is 1.00 bits per heavy atom. The lowest BCUT2D eigenvalue weighted by Crippen LogP contribution is -2.38. The molecule has 2 aliphatic heterocycles. The lowest BCUT2D eigenvalue weighted by molar-refractivity contribution is -0.114. The van der Waals surface area contributed by atoms with Crippen LogP contribution in [0.15, 0.2) is 58.4 Å². The molecule has 2 aromatic carbocycles. The topological polar surface area (TPSA) is 84.2 Å². The van der Waals surface area contributed by atoms with E-state index in [9.17, 15) is 4.79 Å². The van der Waals surface area contributed by atoms with E-state index >= 15 is 0 Å². The summed E-state index contributed by atoms with van der Waals surface area (Å²) in [4.78, 5) is 18.6. The van der Waals surface area contributed by atoms with Crippen LogP contribution in [0.25, 0.3) is 11.8 Å². The number of ether oxygens (including phenoxy) is 3. The van der Waals surface area contributed by atoms with Crippen molar-refractivity contribution < 1.29 is 19.0 Å². The minimum Gasteiger partial charge on any atom is -0.493 e. The van der Waals surface area contributed by atoms with Crippen LogP contribution in [0.4, 0.5) is 0 Å². The first-order valence-corrected chi connectivity index (χ1v) is 9.92. The van der Waals surface area contributed by atoms with Crippen molar-refractivity contribution in [3.63, 3.8) is 0 Å². The average Bonchev–Trinajstić information content (AvgIpc) is 3.20. The molecule has 152 valence electrons. The normalized spacial score (nSPS) is 16.9. The lowest BCUT2D eigenvalue weighted by Gasteiger charge is -2.27. The van der Waals surface area contributed by atoms with Crippen molar-refractivity contribution in [2.24, 2.45) is 4.99 Å². The number of hydrogen-bond acceptors (Lipinski definition) is 6. The van der Waals surface area contributed by atoms with Crippen molar-refractivity contribution in [1.29, 1.82) is 5.41 Å². The highest BCUT2D eigenvalue weighted by atomic mass is 32.2. The summed E-state index contributed by atoms with van der Waals surface area (Å²) in [6.45, 7) is 0. The van der Waals surface area contributed by atoms with Crippen molar-refractivity contribution in [2.45, 2.75) is 0 Å². The minimum absolute atomic E-state index is 0.0574. The van der Waals surface area contributed by atoms with Crippen molar-refractivity contribution in [3.05, 3.63) is 64.6 Å². The van der Waals surface area contributed by atoms with Crippen molar-refractivity contribution >= 4 is 40.4 Å². The van der Waals surface area contributed by atoms with Crippen molar-refractivity contribution in [2.75, 3.05) is 21.3 Å². The number of nitrogens with one attached hydrogen (secondary N) is 1. The molecule has 0 saturated carbocycles. The van der Waals surface area contributed by atoms with Gasteiger partial charge in [0.25, 0.3) is 5.91 Å². The van der Waals surface area contributed by atoms with E-state index in [1.165, 1.54) is 33.1 Å². The molecular weight excluding hydrogens is 402 g/mol. The van der Waals surface area contributed by atoms with Gasteiger partial charge in [0.2, 0.25) is 5.75 Å². The summed E-state index contributed by atoms with van der Waals surface area (Å²) < 4.78 is 16.2. The van der Waals surface area contributed by atoms with E-state index in [2.05, 4.69) is 4.99 Å². The Balaban J connectivity index is 1.78. The number of methoxy groups -OCH3 is 3. The lowest BCUT2D eigenvalue weighted by atomic mass is 10.0. The summed E-state index contributed by atoms with van der Waals surface area (Å²) >= 11 is 1.33. The Morgan fingerprint density at radius 3 is 2.40 bits per heavy atom. The molecule has 0 fully saturated rings. The molecule has 1 N–H and O–H groups in total. The highest BCUT2D eigenvalue weighted by Gasteiger charge is 2.36. The SMILES string of the molecule is COc1ccc(C=C2C(=N)N3C(c4ccccc4)=CSC3=NC2=O)c(OC)c1OC. The summed E-state index contributed by atoms with van der Waals surface area (Å²) in [5, 5.41) is 11.1. The van der Waals surface area contributed by atoms with Gasteiger partial charge in [0.15, 0.2) is 16.7 Å². The number of benzene rings is 2. The molecule has 1 amide bonds. The van der Waals surface area contributed by atoms with Gasteiger partial charge in [-0.25, -0.2) is 0 Å². The third-order valence-electron chi connectivity index (χ3n) is 4.72. The molecule has 2 aromatic rings. The fourth-order valence-electron chi connectivity index (χ4n) is 3.31. The van der Waals surface area contributed by atoms with Crippen LogP contribution in [-0.4, -0.2) is 43.1 Å². The van der Waals surface area contributed by atoms with Gasteiger partial charge in [-0.2, -0.15) is 4.99 Å². The van der Waals surface area contributed by atoms with Crippen molar-refractivity contribution in [1.82, 2.24) is 4.90 Å². The van der Waals surface area contributed by atoms with Crippen molar-refractivity contribution in [3.8, 4) is 17.2 Å². The standard InChI is InChI=1S/C22H19N3O4S/c1-27-17-10-9-14(18(28-2)19(17)29-3)11-15-20(23)25-16(13-7-5-4-6-8-13)12-30-22(25)24-21(15)26/h4-12,23H,1-3H3. The van der Waals surface area contributed by atoms with E-state index in [4.69, 9.17) is 19.6 Å². The zero-order valence-corrected chi connectivity index (χ0v) is 17.4. The first kappa shape index (κ1) is 19.8. The fraction of sp³-hybridized carbons (Fsp3) is 0.136. The zero-order valence-electron chi connectivity index (χ0n) is 16.6. The summed E-state index contributed by atoms with van der Waals surface area (Å²) in [5.74, 6) is 0.914. The van der Waals surface area contributed by atoms with Crippen LogP contribution in [0, 0.1) is 5.41 Å². The molecule has 0 aromatic heterocycles. The molecule has 0 radical (unpaired) electrons. The predicted octanol–water partition coefficient (Wildman–Crippen LogP) is 4.02. The summed E-state index contributed by atoms with van der Waals surface area (Å²) in [6, 6.07) is 13.2. The third-order valence-corrected chi connectivity index (χ3v) is 5.54. The second kappa shape index (κ2) is 8.08. The highest BCUT2D eigenvalue weighted by Crippen LogP contribution is 2.42. The molecule has 0 aliphatic carbocycles. The number of carbonyl (C=O) groups excluding carboxylic acids is 1. The van der Waals surface area contributed by atoms with Crippen LogP contribution in [0.3, 0.4) is 0 Å². The highest BCUT2D eigenvalue weighted by molar-refractivity contribution is 8.17. The molecule has 8 heteroatoms. The van der Waals surface area contributed by atoms with E-state index in [0.29, 0.717) is 28.0 Å². The maximum atomic E-state index is 12.7. The Bertz CT molecular complexity index is 1120. The van der Waals surface area contributed by atoms with Gasteiger partial charge in [0, 0.05) is 11.0 Å². The largest absolute Gasteiger partial charge is 0.493 e. The Kier molecular flexibility index (Phi) is 5.33. The van der Waals surface area contributed by atoms with Crippen LogP contribution in [0.2, 0.25) is 0 Å². The van der Waals surface area contributed by atoms with Crippen LogP contribution in [0.5, 0.6) is 17.2 Å². The molecule has 7 nitrogen and oxygen atoms in total. The number of rotatable bonds is 5. The monoisotopic (exact) mass is 421 g/mol. The van der Waals surface area contributed by atoms with E-state index in [1.54, 1.807) is 23.1 Å². The smallest absolute Gasteiger partial charge is 0.283 e. The molecule has 2 heterocycles. The molecule has 0 saturated heterocycles. The third kappa shape index (κ3) is 3.25. The van der Waals surface area contributed by atoms with Crippen LogP contribution in [0.1, 0.15) is 11.1 Å². The molecule has 4 rings (SSSR count). The van der Waals surface area contributed by atoms with E-state index < -0.39 is 5.91 Å². The Labute approximate surface area is 178 Å². The first-order valence-electron chi connectivity index (χ1n) is 9.04. The second-order valence-electron chi connectivity index (χ2n) is 6.35. The number of hydrogen-bond donors (Lipinski definition) is 1. The van der Waals surface area contributed by atoms with Crippen LogP contribution >= 0.6 is 11.8 Å². The van der Waals surface area contributed by atoms with Gasteiger partial charge in [0.1, 0.15) is 5.84 Å². The summed E-state index contributed by atoms with van der Waals surface area (Å²) in [5.41, 5.74) is 2.49. The second-order valence-corrected chi connectivity index (χ2v) is 7.19. The summed E-state index contributed by atoms with van der Waals surface area (Å²) in [7, 11) is 4.56. The van der Waals surface area contributed by atoms with Gasteiger partial charge >= 0.3 is 0 Å². The number of aliphatic imine (C=N–C) groups is 1. The maximum absolute atomic E-state index is 12.7. The Hall–Kier alpha value is -3.52. The number of amidine groups is 2. The fourth-order valence-corrected chi connectivity index (χ4v) is 4.20. The number of carbonyl (C=O) groups is 1. The van der Waals surface area contributed by atoms with Gasteiger partial charge in [-0.15, -0.1) is 0 Å². The maximum Gasteiger partial charge on any atom is 0.283 e. The van der Waals surface area contributed by atoms with Gasteiger partial charge in [0.05, 0.1) is 32.6 Å². The van der Waals surface area contributed by atoms with E-state index in [0.717, 1.165) is 11.3 Å². The number of thioether (sulfide) groups is 1. The molecule has 0 spiro atoms. The van der Waals surface area contributed by atoms with Gasteiger partial charge in [-0.1, -0.05) is 42.1 Å². The summed E-state index contributed by atoms with van der Waals surface area (Å²) in [6.07, 6.45) is 1.59. The quantitative estimate of drug-likeness (QED) is 0.734. The van der Waals surface area contributed by atoms with Gasteiger partial charge < -0.3 is 14.2 Å². The minimum atomic E-state index is -0.474. The van der Waals surface area contributed by atoms with Gasteiger partial charge in [-0.3, -0.25) is 15.1 Å². The van der Waals surface area contributed by atoms with Crippen LogP contribution in [-0.2, 0) is 4.79 Å². The van der Waals surface area contributed by atoms with Crippen LogP contribution < -0.4 is 14.2 Å². The number of amides is 1. The first-order chi connectivity index (χ1) is 14.6. The molecule has 0 atom stereocenters. The van der Waals surface area contributed by atoms with E-state index in [-0.39, 0.29) is 11.4 Å². The molecular formula is C22H19N3O4S. The molecule has 30 heavy (non-hydrogen) atoms. The van der Waals surface area contributed by atoms with E-state index in [1.807, 2.05) is 35.7 Å². The van der Waals surface area contributed by atoms with Gasteiger partial charge in [-0.05, 0) is 23.8 Å². The average molecular weight is 421 g/mol. The number of nitrogens with zero attached hydrogens (tertiary/aromatic N) is 2. The predicted molar refractivity (Wildman–Crippen MR) is 118 cm³/mol. The number of fused-ring (bicyclic) bond motifs is 1. The zero-order chi connectivity index (χ0) is 21.3. The molecule has 2 aliphatic rings. The molecule has 0 unspecified atom stereocenters. The Morgan fingerprint density at radius 2 is 1.73 bits per heavy atom. The molecule has 0 bridgehead atoms.